The molecule has 6 rings (SSSR count). The lowest BCUT2D eigenvalue weighted by Gasteiger charge is -2.23. The molecule has 58 heavy (non-hydrogen) atoms. The van der Waals surface area contributed by atoms with Gasteiger partial charge in [0.1, 0.15) is 11.5 Å². The van der Waals surface area contributed by atoms with Gasteiger partial charge in [-0.3, -0.25) is 9.59 Å². The number of rotatable bonds is 11. The molecule has 0 bridgehead atoms. The molecular formula is C46H46N4O8. The van der Waals surface area contributed by atoms with Gasteiger partial charge in [-0.25, -0.2) is 10.9 Å². The quantitative estimate of drug-likeness (QED) is 0.0365. The van der Waals surface area contributed by atoms with Crippen LogP contribution in [0.25, 0.3) is 32.7 Å². The van der Waals surface area contributed by atoms with Crippen molar-refractivity contribution in [1.82, 2.24) is 10.9 Å². The minimum absolute atomic E-state index is 0.0379. The van der Waals surface area contributed by atoms with Gasteiger partial charge in [-0.15, -0.1) is 0 Å². The van der Waals surface area contributed by atoms with Crippen LogP contribution >= 0.6 is 0 Å². The Bertz CT molecular complexity index is 2450. The van der Waals surface area contributed by atoms with Crippen molar-refractivity contribution in [3.05, 3.63) is 117 Å². The second-order valence-electron chi connectivity index (χ2n) is 14.9. The molecule has 0 spiro atoms. The first-order chi connectivity index (χ1) is 27.6. The second kappa shape index (κ2) is 16.6. The molecule has 6 aromatic rings. The number of benzene rings is 6. The van der Waals surface area contributed by atoms with Crippen LogP contribution in [0.3, 0.4) is 0 Å². The minimum Gasteiger partial charge on any atom is -0.507 e. The molecule has 12 nitrogen and oxygen atoms in total. The van der Waals surface area contributed by atoms with Gasteiger partial charge >= 0.3 is 0 Å². The molecule has 8 N–H and O–H groups in total. The van der Waals surface area contributed by atoms with Gasteiger partial charge in [-0.2, -0.15) is 10.2 Å². The number of aromatic hydroxyl groups is 6. The van der Waals surface area contributed by atoms with Crippen molar-refractivity contribution in [2.45, 2.75) is 66.2 Å². The molecule has 0 saturated carbocycles. The molecule has 0 atom stereocenters. The number of hydrogen-bond donors (Lipinski definition) is 8. The van der Waals surface area contributed by atoms with Crippen molar-refractivity contribution in [2.75, 3.05) is 0 Å². The lowest BCUT2D eigenvalue weighted by Crippen LogP contribution is -2.19. The average Bonchev–Trinajstić information content (AvgIpc) is 3.16. The lowest BCUT2D eigenvalue weighted by atomic mass is 9.83. The van der Waals surface area contributed by atoms with E-state index in [2.05, 4.69) is 21.1 Å². The zero-order valence-corrected chi connectivity index (χ0v) is 33.0. The molecule has 0 aliphatic carbocycles. The van der Waals surface area contributed by atoms with E-state index >= 15 is 0 Å². The van der Waals surface area contributed by atoms with Gasteiger partial charge in [-0.1, -0.05) is 100 Å². The summed E-state index contributed by atoms with van der Waals surface area (Å²) in [6.45, 7) is 10.8. The molecule has 0 heterocycles. The lowest BCUT2D eigenvalue weighted by molar-refractivity contribution is -0.121. The molecule has 0 fully saturated rings. The van der Waals surface area contributed by atoms with E-state index in [1.54, 1.807) is 50.2 Å². The molecule has 298 valence electrons. The molecule has 0 aliphatic heterocycles. The van der Waals surface area contributed by atoms with Gasteiger partial charge in [-0.05, 0) is 58.7 Å². The molecule has 0 unspecified atom stereocenters. The summed E-state index contributed by atoms with van der Waals surface area (Å²) in [5.74, 6) is -4.19. The number of phenols is 6. The summed E-state index contributed by atoms with van der Waals surface area (Å²) in [7, 11) is 0. The van der Waals surface area contributed by atoms with E-state index in [-0.39, 0.29) is 69.2 Å². The van der Waals surface area contributed by atoms with Gasteiger partial charge in [0.25, 0.3) is 0 Å². The average molecular weight is 783 g/mol. The van der Waals surface area contributed by atoms with Crippen LogP contribution in [0.15, 0.2) is 83.0 Å². The predicted octanol–water partition coefficient (Wildman–Crippen LogP) is 8.14. The highest BCUT2D eigenvalue weighted by Gasteiger charge is 2.29. The Labute approximate surface area is 335 Å². The minimum atomic E-state index is -0.573. The number of carbonyl (C=O) groups is 2. The van der Waals surface area contributed by atoms with Crippen LogP contribution in [0.1, 0.15) is 84.0 Å². The van der Waals surface area contributed by atoms with E-state index in [9.17, 15) is 40.2 Å². The third kappa shape index (κ3) is 7.68. The van der Waals surface area contributed by atoms with Crippen molar-refractivity contribution in [1.29, 1.82) is 0 Å². The van der Waals surface area contributed by atoms with Crippen molar-refractivity contribution in [3.8, 4) is 45.6 Å². The molecule has 0 saturated heterocycles. The van der Waals surface area contributed by atoms with Crippen LogP contribution in [0, 0.1) is 13.8 Å². The number of aryl methyl sites for hydroxylation is 2. The Morgan fingerprint density at radius 2 is 0.897 bits per heavy atom. The molecule has 6 aromatic carbocycles. The Morgan fingerprint density at radius 1 is 0.552 bits per heavy atom. The predicted molar refractivity (Wildman–Crippen MR) is 226 cm³/mol. The summed E-state index contributed by atoms with van der Waals surface area (Å²) in [5.41, 5.74) is 8.28. The highest BCUT2D eigenvalue weighted by atomic mass is 16.3. The van der Waals surface area contributed by atoms with Gasteiger partial charge in [0.2, 0.25) is 11.8 Å². The van der Waals surface area contributed by atoms with Gasteiger partial charge in [0, 0.05) is 33.0 Å². The normalized spacial score (nSPS) is 11.8. The fourth-order valence-electron chi connectivity index (χ4n) is 7.60. The van der Waals surface area contributed by atoms with Crippen LogP contribution < -0.4 is 10.9 Å². The van der Waals surface area contributed by atoms with Crippen molar-refractivity contribution in [3.63, 3.8) is 0 Å². The van der Waals surface area contributed by atoms with Crippen LogP contribution in [0.4, 0.5) is 0 Å². The SMILES string of the molecule is Cc1cc2c(C(C)C)c(O)c(O)c(/C=N\NC(=O)Cc3ccccc3)c2c(O)c1-c1c(C)cc2c(C(C)C)c(O)c(O)c(/C=N\NC(=O)Cc3ccccc3)c2c1O. The molecule has 0 aromatic heterocycles. The summed E-state index contributed by atoms with van der Waals surface area (Å²) < 4.78 is 0. The first kappa shape index (κ1) is 40.6. The molecular weight excluding hydrogens is 737 g/mol. The maximum atomic E-state index is 12.7. The fourth-order valence-corrected chi connectivity index (χ4v) is 7.60. The highest BCUT2D eigenvalue weighted by Crippen LogP contribution is 2.54. The van der Waals surface area contributed by atoms with Crippen molar-refractivity contribution in [2.24, 2.45) is 10.2 Å². The molecule has 2 amide bonds. The van der Waals surface area contributed by atoms with E-state index < -0.39 is 34.8 Å². The Kier molecular flexibility index (Phi) is 11.6. The van der Waals surface area contributed by atoms with Gasteiger partial charge in [0.15, 0.2) is 23.0 Å². The Balaban J connectivity index is 1.55. The summed E-state index contributed by atoms with van der Waals surface area (Å²) in [6.07, 6.45) is 2.37. The third-order valence-corrected chi connectivity index (χ3v) is 10.2. The summed E-state index contributed by atoms with van der Waals surface area (Å²) in [6, 6.07) is 21.6. The molecule has 0 aliphatic rings. The van der Waals surface area contributed by atoms with Crippen molar-refractivity contribution >= 4 is 45.8 Å². The van der Waals surface area contributed by atoms with Crippen molar-refractivity contribution < 1.29 is 40.2 Å². The first-order valence-corrected chi connectivity index (χ1v) is 18.8. The maximum absolute atomic E-state index is 12.7. The number of amides is 2. The van der Waals surface area contributed by atoms with Gasteiger partial charge in [0.05, 0.1) is 36.4 Å². The van der Waals surface area contributed by atoms with Crippen LogP contribution in [-0.4, -0.2) is 54.9 Å². The monoisotopic (exact) mass is 782 g/mol. The van der Waals surface area contributed by atoms with E-state index in [0.717, 1.165) is 23.6 Å². The topological polar surface area (TPSA) is 204 Å². The van der Waals surface area contributed by atoms with Crippen LogP contribution in [-0.2, 0) is 22.4 Å². The molecule has 0 radical (unpaired) electrons. The molecule has 12 heteroatoms. The third-order valence-electron chi connectivity index (χ3n) is 10.2. The van der Waals surface area contributed by atoms with E-state index in [1.165, 1.54) is 0 Å². The summed E-state index contributed by atoms with van der Waals surface area (Å²) in [4.78, 5) is 25.5. The number of nitrogens with zero attached hydrogens (tertiary/aromatic N) is 2. The van der Waals surface area contributed by atoms with E-state index in [1.807, 2.05) is 64.1 Å². The second-order valence-corrected chi connectivity index (χ2v) is 14.9. The smallest absolute Gasteiger partial charge is 0.244 e. The highest BCUT2D eigenvalue weighted by molar-refractivity contribution is 6.15. The maximum Gasteiger partial charge on any atom is 0.244 e. The van der Waals surface area contributed by atoms with Gasteiger partial charge < -0.3 is 30.6 Å². The Hall–Kier alpha value is -7.08. The number of phenolic OH excluding ortho intramolecular Hbond substituents is 6. The number of nitrogens with one attached hydrogen (secondary N) is 2. The number of hydrazone groups is 2. The number of fused-ring (bicyclic) bond motifs is 2. The van der Waals surface area contributed by atoms with E-state index in [0.29, 0.717) is 33.0 Å². The first-order valence-electron chi connectivity index (χ1n) is 18.8. The number of hydrogen-bond acceptors (Lipinski definition) is 10. The Morgan fingerprint density at radius 3 is 1.22 bits per heavy atom. The standard InChI is InChI=1S/C46H46N4O8/c1-23(2)35-29-17-25(5)37(43(55)39(29)31(41(53)45(35)57)21-47-49-33(51)19-27-13-9-7-10-14-27)38-26(6)18-30-36(24(3)4)46(58)42(54)32(40(30)44(38)56)22-48-50-34(52)20-28-15-11-8-12-16-28/h7-18,21-24,53-58H,19-20H2,1-6H3,(H,49,51)(H,50,52)/b47-21-,48-22-. The fraction of sp³-hybridized carbons (Fsp3) is 0.217. The summed E-state index contributed by atoms with van der Waals surface area (Å²) in [5, 5.41) is 79.1. The summed E-state index contributed by atoms with van der Waals surface area (Å²) >= 11 is 0. The zero-order chi connectivity index (χ0) is 42.0. The van der Waals surface area contributed by atoms with Crippen LogP contribution in [0.5, 0.6) is 34.5 Å². The zero-order valence-electron chi connectivity index (χ0n) is 33.0. The van der Waals surface area contributed by atoms with Crippen LogP contribution in [0.2, 0.25) is 0 Å². The largest absolute Gasteiger partial charge is 0.507 e. The van der Waals surface area contributed by atoms with E-state index in [4.69, 9.17) is 0 Å². The number of carbonyl (C=O) groups excluding carboxylic acids is 2.